The first kappa shape index (κ1) is 48.6. The Hall–Kier alpha value is 0.169. The van der Waals surface area contributed by atoms with Crippen molar-refractivity contribution in [2.24, 2.45) is 0 Å². The Kier molecular flexibility index (Phi) is 25.0. The van der Waals surface area contributed by atoms with Crippen molar-refractivity contribution in [3.63, 3.8) is 0 Å². The van der Waals surface area contributed by atoms with Crippen LogP contribution in [0, 0.1) is 6.92 Å². The molecule has 2 N–H and O–H groups in total. The summed E-state index contributed by atoms with van der Waals surface area (Å²) in [5.41, 5.74) is 17.8. The first-order chi connectivity index (χ1) is 18.8. The normalized spacial score (nSPS) is 11.4. The number of aryl methyl sites for hydroxylation is 1. The van der Waals surface area contributed by atoms with E-state index in [1.165, 1.54) is 12.1 Å². The Morgan fingerprint density at radius 1 is 0.659 bits per heavy atom. The van der Waals surface area contributed by atoms with Crippen molar-refractivity contribution in [2.75, 3.05) is 0 Å². The van der Waals surface area contributed by atoms with E-state index in [1.807, 2.05) is 0 Å². The predicted molar refractivity (Wildman–Crippen MR) is 163 cm³/mol. The van der Waals surface area contributed by atoms with Gasteiger partial charge >= 0.3 is 138 Å². The van der Waals surface area contributed by atoms with E-state index in [-0.39, 0.29) is 121 Å². The van der Waals surface area contributed by atoms with Crippen LogP contribution in [-0.2, 0) is 98.7 Å². The van der Waals surface area contributed by atoms with E-state index in [0.717, 1.165) is 20.3 Å². The van der Waals surface area contributed by atoms with E-state index in [1.54, 1.807) is 32.9 Å². The second-order valence-corrected chi connectivity index (χ2v) is 24.7. The van der Waals surface area contributed by atoms with E-state index in [0.29, 0.717) is 12.8 Å². The SMILES string of the molecule is [B]C(=O)Oc1cc(C)c(CC(C)[NH-])cc1OC([B])=O.[B]C(=O)Oc1cc(CC(C)[NH-])[c]([Sn]([CH3])([CH3])[CH3])cc1OC([B])=O.[Pd].[Y].[Y]. The summed E-state index contributed by atoms with van der Waals surface area (Å²) < 4.78 is 20.4. The number of carbonyl (C=O) groups excluding carboxylic acids is 4. The van der Waals surface area contributed by atoms with E-state index in [9.17, 15) is 19.2 Å². The Balaban J connectivity index is -0.000000722. The Morgan fingerprint density at radius 3 is 1.27 bits per heavy atom. The number of rotatable bonds is 9. The zero-order valence-corrected chi connectivity index (χ0v) is 35.5. The fraction of sp³-hybridized carbons (Fsp3) is 0.385. The average molecular weight is 945 g/mol. The summed E-state index contributed by atoms with van der Waals surface area (Å²) in [5.74, 6) is -3.90. The molecule has 2 rings (SSSR count). The second kappa shape index (κ2) is 22.7. The molecule has 2 aromatic rings. The van der Waals surface area contributed by atoms with E-state index in [2.05, 4.69) is 14.8 Å². The molecule has 10 nitrogen and oxygen atoms in total. The van der Waals surface area contributed by atoms with Gasteiger partial charge in [0.15, 0.2) is 11.5 Å². The molecule has 0 aliphatic heterocycles. The molecule has 0 spiro atoms. The average Bonchev–Trinajstić information content (AvgIpc) is 2.76. The summed E-state index contributed by atoms with van der Waals surface area (Å²) in [7, 11) is 20.0. The maximum Gasteiger partial charge on any atom is 0 e. The van der Waals surface area contributed by atoms with Crippen LogP contribution in [0.15, 0.2) is 24.3 Å². The van der Waals surface area contributed by atoms with E-state index >= 15 is 0 Å². The van der Waals surface area contributed by atoms with Gasteiger partial charge in [-0.2, -0.15) is 0 Å². The molecular formula is C26H30B4N2O8PdSnY2-2. The quantitative estimate of drug-likeness (QED) is 0.324. The molecule has 10 radical (unpaired) electrons. The zero-order chi connectivity index (χ0) is 31.7. The monoisotopic (exact) mass is 946 g/mol. The number of benzene rings is 2. The van der Waals surface area contributed by atoms with Gasteiger partial charge in [0.2, 0.25) is 27.4 Å². The van der Waals surface area contributed by atoms with Gasteiger partial charge in [0.1, 0.15) is 0 Å². The number of nitrogens with one attached hydrogen (secondary N) is 2. The molecular weight excluding hydrogens is 914 g/mol. The minimum Gasteiger partial charge on any atom is 0 e. The molecule has 2 aromatic carbocycles. The number of ether oxygens (including phenoxy) is 4. The molecule has 2 atom stereocenters. The third kappa shape index (κ3) is 18.5. The fourth-order valence-corrected chi connectivity index (χ4v) is 8.66. The van der Waals surface area contributed by atoms with Crippen LogP contribution in [0.5, 0.6) is 23.0 Å². The Labute approximate surface area is 332 Å². The third-order valence-corrected chi connectivity index (χ3v) is 11.2. The third-order valence-electron chi connectivity index (χ3n) is 5.27. The minimum atomic E-state index is -2.55. The Morgan fingerprint density at radius 2 is 0.955 bits per heavy atom. The molecule has 0 fully saturated rings. The van der Waals surface area contributed by atoms with E-state index < -0.39 is 41.9 Å². The predicted octanol–water partition coefficient (Wildman–Crippen LogP) is 4.85. The molecule has 0 saturated carbocycles. The van der Waals surface area contributed by atoms with Gasteiger partial charge in [-0.1, -0.05) is 6.92 Å². The summed E-state index contributed by atoms with van der Waals surface area (Å²) in [5, 5.41) is 0. The smallest absolute Gasteiger partial charge is 0 e. The largest absolute Gasteiger partial charge is 0 e. The van der Waals surface area contributed by atoms with Gasteiger partial charge in [-0.25, -0.2) is 0 Å². The van der Waals surface area contributed by atoms with Gasteiger partial charge in [0, 0.05) is 85.8 Å². The summed E-state index contributed by atoms with van der Waals surface area (Å²) in [6, 6.07) is 5.71. The molecule has 0 aliphatic carbocycles. The van der Waals surface area contributed by atoms with Gasteiger partial charge in [-0.3, -0.25) is 9.59 Å². The van der Waals surface area contributed by atoms with Crippen LogP contribution in [0.2, 0.25) is 14.8 Å². The molecule has 18 heteroatoms. The summed E-state index contributed by atoms with van der Waals surface area (Å²) in [6.45, 7) is 5.31. The summed E-state index contributed by atoms with van der Waals surface area (Å²) in [4.78, 5) is 50.3. The van der Waals surface area contributed by atoms with Crippen molar-refractivity contribution in [3.05, 3.63) is 52.4 Å². The van der Waals surface area contributed by atoms with Gasteiger partial charge in [-0.15, -0.1) is 6.04 Å². The fourth-order valence-electron chi connectivity index (χ4n) is 3.80. The van der Waals surface area contributed by atoms with Crippen molar-refractivity contribution in [1.82, 2.24) is 0 Å². The second-order valence-electron chi connectivity index (χ2n) is 10.3. The molecule has 44 heavy (non-hydrogen) atoms. The zero-order valence-electron chi connectivity index (χ0n) is 25.4. The van der Waals surface area contributed by atoms with Crippen LogP contribution in [0.1, 0.15) is 30.5 Å². The van der Waals surface area contributed by atoms with Gasteiger partial charge in [-0.05, 0) is 36.6 Å². The summed E-state index contributed by atoms with van der Waals surface area (Å²) in [6.07, 6.45) is 0.979. The maximum atomic E-state index is 11.0. The molecule has 0 bridgehead atoms. The standard InChI is InChI=1S/C12H12B2NO4.C11H9B2NO4.3CH3.Pd.Sn.2Y/c1-6-3-9(18-11(13)16)10(19-12(14)17)5-8(6)4-7(2)15;1-6(14)4-7-2-3-8(17-10(12)15)9(5-7)18-11(13)16;;;;;;;/h3,5,7,15H,4H2,1-2H3;3,5-6,14H,4H2,1H3;3*1H3;;;;/q2*-1;;;;;;;. The van der Waals surface area contributed by atoms with Crippen LogP contribution in [0.3, 0.4) is 0 Å². The van der Waals surface area contributed by atoms with Gasteiger partial charge < -0.3 is 15.2 Å². The van der Waals surface area contributed by atoms with Crippen LogP contribution in [-0.4, -0.2) is 85.3 Å². The van der Waals surface area contributed by atoms with Crippen molar-refractivity contribution in [3.8, 4) is 23.0 Å². The first-order valence-corrected chi connectivity index (χ1v) is 22.4. The maximum absolute atomic E-state index is 11.0. The minimum absolute atomic E-state index is 0. The Bertz CT molecular complexity index is 1300. The van der Waals surface area contributed by atoms with Crippen LogP contribution >= 0.6 is 0 Å². The topological polar surface area (TPSA) is 153 Å². The molecule has 226 valence electrons. The number of hydrogen-bond donors (Lipinski definition) is 0. The van der Waals surface area contributed by atoms with Crippen LogP contribution in [0.25, 0.3) is 11.5 Å². The number of carbonyl (C=O) groups is 4. The van der Waals surface area contributed by atoms with Crippen molar-refractivity contribution in [2.45, 2.75) is 60.5 Å². The van der Waals surface area contributed by atoms with Crippen molar-refractivity contribution >= 4 is 76.8 Å². The molecule has 0 amide bonds. The molecule has 0 heterocycles. The summed E-state index contributed by atoms with van der Waals surface area (Å²) >= 11 is -2.55. The van der Waals surface area contributed by atoms with E-state index in [4.69, 9.17) is 61.8 Å². The van der Waals surface area contributed by atoms with Crippen molar-refractivity contribution < 1.29 is 124 Å². The molecule has 0 saturated heterocycles. The first-order valence-electron chi connectivity index (χ1n) is 12.4. The van der Waals surface area contributed by atoms with Gasteiger partial charge in [0.05, 0.1) is 0 Å². The van der Waals surface area contributed by atoms with Crippen LogP contribution < -0.4 is 22.5 Å². The van der Waals surface area contributed by atoms with Gasteiger partial charge in [0.25, 0.3) is 0 Å². The molecule has 0 aliphatic rings. The molecule has 0 aromatic heterocycles. The van der Waals surface area contributed by atoms with Crippen molar-refractivity contribution in [1.29, 1.82) is 0 Å². The molecule has 2 unspecified atom stereocenters. The number of hydrogen-bond acceptors (Lipinski definition) is 8. The van der Waals surface area contributed by atoms with Crippen LogP contribution in [0.4, 0.5) is 19.2 Å².